The van der Waals surface area contributed by atoms with Crippen LogP contribution in [0.4, 0.5) is 5.82 Å². The van der Waals surface area contributed by atoms with Gasteiger partial charge < -0.3 is 11.1 Å². The fourth-order valence-corrected chi connectivity index (χ4v) is 4.05. The molecule has 0 unspecified atom stereocenters. The van der Waals surface area contributed by atoms with Crippen LogP contribution in [0.5, 0.6) is 0 Å². The van der Waals surface area contributed by atoms with Gasteiger partial charge in [-0.15, -0.1) is 11.3 Å². The van der Waals surface area contributed by atoms with E-state index in [9.17, 15) is 0 Å². The van der Waals surface area contributed by atoms with E-state index in [-0.39, 0.29) is 0 Å². The second kappa shape index (κ2) is 6.22. The first-order valence-corrected chi connectivity index (χ1v) is 8.85. The van der Waals surface area contributed by atoms with E-state index in [0.717, 1.165) is 53.0 Å². The van der Waals surface area contributed by atoms with Crippen LogP contribution in [0.1, 0.15) is 25.7 Å². The molecular formula is C17H19N5S. The van der Waals surface area contributed by atoms with Gasteiger partial charge in [0.05, 0.1) is 11.1 Å². The van der Waals surface area contributed by atoms with E-state index >= 15 is 0 Å². The average molecular weight is 325 g/mol. The summed E-state index contributed by atoms with van der Waals surface area (Å²) in [5, 5.41) is 6.80. The smallest absolute Gasteiger partial charge is 0.139 e. The Morgan fingerprint density at radius 1 is 1.09 bits per heavy atom. The van der Waals surface area contributed by atoms with E-state index in [4.69, 9.17) is 5.73 Å². The molecule has 5 nitrogen and oxygen atoms in total. The SMILES string of the molecule is N[C@H]1CC[C@H](Nc2ncnc3scc(-c4ccccn4)c23)CC1. The number of anilines is 1. The molecule has 0 amide bonds. The second-order valence-electron chi connectivity index (χ2n) is 6.02. The van der Waals surface area contributed by atoms with Crippen LogP contribution in [-0.4, -0.2) is 27.0 Å². The Bertz CT molecular complexity index is 793. The van der Waals surface area contributed by atoms with Gasteiger partial charge in [-0.25, -0.2) is 9.97 Å². The highest BCUT2D eigenvalue weighted by Gasteiger charge is 2.21. The maximum atomic E-state index is 6.00. The van der Waals surface area contributed by atoms with Gasteiger partial charge in [-0.1, -0.05) is 6.07 Å². The Balaban J connectivity index is 1.71. The maximum Gasteiger partial charge on any atom is 0.139 e. The first-order valence-electron chi connectivity index (χ1n) is 7.97. The third-order valence-electron chi connectivity index (χ3n) is 4.42. The summed E-state index contributed by atoms with van der Waals surface area (Å²) in [6, 6.07) is 6.75. The molecule has 0 saturated heterocycles. The summed E-state index contributed by atoms with van der Waals surface area (Å²) < 4.78 is 0. The van der Waals surface area contributed by atoms with Gasteiger partial charge in [0, 0.05) is 29.2 Å². The molecule has 1 saturated carbocycles. The lowest BCUT2D eigenvalue weighted by Crippen LogP contribution is -2.33. The van der Waals surface area contributed by atoms with E-state index in [1.807, 2.05) is 24.4 Å². The van der Waals surface area contributed by atoms with E-state index in [1.54, 1.807) is 17.7 Å². The lowest BCUT2D eigenvalue weighted by Gasteiger charge is -2.27. The minimum absolute atomic E-state index is 0.351. The summed E-state index contributed by atoms with van der Waals surface area (Å²) in [4.78, 5) is 14.4. The van der Waals surface area contributed by atoms with Crippen LogP contribution in [0, 0.1) is 0 Å². The van der Waals surface area contributed by atoms with Crippen LogP contribution in [0.15, 0.2) is 36.1 Å². The van der Waals surface area contributed by atoms with Gasteiger partial charge in [0.15, 0.2) is 0 Å². The predicted octanol–water partition coefficient (Wildman–Crippen LogP) is 3.44. The van der Waals surface area contributed by atoms with Gasteiger partial charge in [0.25, 0.3) is 0 Å². The van der Waals surface area contributed by atoms with Crippen molar-refractivity contribution in [2.45, 2.75) is 37.8 Å². The quantitative estimate of drug-likeness (QED) is 0.771. The molecule has 118 valence electrons. The van der Waals surface area contributed by atoms with Crippen molar-refractivity contribution in [3.63, 3.8) is 0 Å². The Kier molecular flexibility index (Phi) is 3.93. The van der Waals surface area contributed by atoms with E-state index in [0.29, 0.717) is 12.1 Å². The van der Waals surface area contributed by atoms with Gasteiger partial charge in [-0.3, -0.25) is 4.98 Å². The average Bonchev–Trinajstić information content (AvgIpc) is 3.03. The largest absolute Gasteiger partial charge is 0.367 e. The number of fused-ring (bicyclic) bond motifs is 1. The molecule has 1 fully saturated rings. The number of nitrogens with zero attached hydrogens (tertiary/aromatic N) is 3. The molecular weight excluding hydrogens is 306 g/mol. The van der Waals surface area contributed by atoms with E-state index in [1.165, 1.54) is 0 Å². The molecule has 1 aliphatic carbocycles. The molecule has 0 bridgehead atoms. The van der Waals surface area contributed by atoms with Crippen LogP contribution in [0.2, 0.25) is 0 Å². The van der Waals surface area contributed by atoms with E-state index < -0.39 is 0 Å². The first-order chi connectivity index (χ1) is 11.3. The number of thiophene rings is 1. The minimum Gasteiger partial charge on any atom is -0.367 e. The summed E-state index contributed by atoms with van der Waals surface area (Å²) >= 11 is 1.63. The normalized spacial score (nSPS) is 21.4. The number of hydrogen-bond acceptors (Lipinski definition) is 6. The zero-order valence-corrected chi connectivity index (χ0v) is 13.6. The monoisotopic (exact) mass is 325 g/mol. The highest BCUT2D eigenvalue weighted by Crippen LogP contribution is 2.36. The number of nitrogens with one attached hydrogen (secondary N) is 1. The zero-order valence-electron chi connectivity index (χ0n) is 12.8. The molecule has 0 aromatic carbocycles. The van der Waals surface area contributed by atoms with Crippen molar-refractivity contribution in [3.8, 4) is 11.3 Å². The fourth-order valence-electron chi connectivity index (χ4n) is 3.15. The van der Waals surface area contributed by atoms with Gasteiger partial charge in [0.2, 0.25) is 0 Å². The second-order valence-corrected chi connectivity index (χ2v) is 6.88. The molecule has 3 aromatic heterocycles. The molecule has 0 aliphatic heterocycles. The summed E-state index contributed by atoms with van der Waals surface area (Å²) in [5.41, 5.74) is 8.06. The highest BCUT2D eigenvalue weighted by molar-refractivity contribution is 7.17. The number of pyridine rings is 1. The van der Waals surface area contributed by atoms with Crippen molar-refractivity contribution in [1.29, 1.82) is 0 Å². The van der Waals surface area contributed by atoms with Crippen molar-refractivity contribution in [2.24, 2.45) is 5.73 Å². The summed E-state index contributed by atoms with van der Waals surface area (Å²) in [6.07, 6.45) is 7.78. The fraction of sp³-hybridized carbons (Fsp3) is 0.353. The standard InChI is InChI=1S/C17H19N5S/c18-11-4-6-12(7-5-11)22-16-15-13(14-3-1-2-8-19-14)9-23-17(15)21-10-20-16/h1-3,8-12H,4-7,18H2,(H,20,21,22)/t11-,12-. The number of hydrogen-bond donors (Lipinski definition) is 2. The van der Waals surface area contributed by atoms with Gasteiger partial charge in [-0.2, -0.15) is 0 Å². The highest BCUT2D eigenvalue weighted by atomic mass is 32.1. The van der Waals surface area contributed by atoms with Gasteiger partial charge in [0.1, 0.15) is 17.0 Å². The lowest BCUT2D eigenvalue weighted by atomic mass is 9.92. The van der Waals surface area contributed by atoms with E-state index in [2.05, 4.69) is 25.6 Å². The zero-order chi connectivity index (χ0) is 15.6. The summed E-state index contributed by atoms with van der Waals surface area (Å²) in [5.74, 6) is 0.914. The van der Waals surface area contributed by atoms with Crippen molar-refractivity contribution < 1.29 is 0 Å². The molecule has 3 N–H and O–H groups in total. The number of rotatable bonds is 3. The lowest BCUT2D eigenvalue weighted by molar-refractivity contribution is 0.410. The third kappa shape index (κ3) is 2.92. The van der Waals surface area contributed by atoms with Crippen molar-refractivity contribution in [1.82, 2.24) is 15.0 Å². The van der Waals surface area contributed by atoms with Gasteiger partial charge in [-0.05, 0) is 37.8 Å². The molecule has 1 aliphatic rings. The van der Waals surface area contributed by atoms with Crippen molar-refractivity contribution in [3.05, 3.63) is 36.1 Å². The van der Waals surface area contributed by atoms with Crippen LogP contribution in [0.3, 0.4) is 0 Å². The Labute approximate surface area is 139 Å². The Morgan fingerprint density at radius 2 is 1.96 bits per heavy atom. The maximum absolute atomic E-state index is 6.00. The molecule has 23 heavy (non-hydrogen) atoms. The van der Waals surface area contributed by atoms with Crippen molar-refractivity contribution >= 4 is 27.4 Å². The predicted molar refractivity (Wildman–Crippen MR) is 94.5 cm³/mol. The first kappa shape index (κ1) is 14.5. The van der Waals surface area contributed by atoms with Crippen LogP contribution in [0.25, 0.3) is 21.5 Å². The minimum atomic E-state index is 0.351. The Hall–Kier alpha value is -2.05. The molecule has 4 rings (SSSR count). The summed E-state index contributed by atoms with van der Waals surface area (Å²) in [6.45, 7) is 0. The molecule has 3 aromatic rings. The van der Waals surface area contributed by atoms with Crippen LogP contribution >= 0.6 is 11.3 Å². The van der Waals surface area contributed by atoms with Crippen LogP contribution < -0.4 is 11.1 Å². The topological polar surface area (TPSA) is 76.7 Å². The third-order valence-corrected chi connectivity index (χ3v) is 5.31. The Morgan fingerprint density at radius 3 is 2.74 bits per heavy atom. The van der Waals surface area contributed by atoms with Gasteiger partial charge >= 0.3 is 0 Å². The molecule has 0 atom stereocenters. The summed E-state index contributed by atoms with van der Waals surface area (Å²) in [7, 11) is 0. The number of aromatic nitrogens is 3. The molecule has 6 heteroatoms. The van der Waals surface area contributed by atoms with Crippen LogP contribution in [-0.2, 0) is 0 Å². The molecule has 0 spiro atoms. The number of nitrogens with two attached hydrogens (primary N) is 1. The molecule has 0 radical (unpaired) electrons. The van der Waals surface area contributed by atoms with Crippen molar-refractivity contribution in [2.75, 3.05) is 5.32 Å². The molecule has 3 heterocycles.